The van der Waals surface area contributed by atoms with Crippen molar-refractivity contribution in [2.45, 2.75) is 19.5 Å². The van der Waals surface area contributed by atoms with Crippen molar-refractivity contribution in [1.29, 1.82) is 0 Å². The van der Waals surface area contributed by atoms with Gasteiger partial charge in [-0.15, -0.1) is 0 Å². The largest absolute Gasteiger partial charge is 0.497 e. The number of methoxy groups -OCH3 is 1. The van der Waals surface area contributed by atoms with Gasteiger partial charge >= 0.3 is 0 Å². The molecule has 0 atom stereocenters. The lowest BCUT2D eigenvalue weighted by molar-refractivity contribution is 0.0955. The van der Waals surface area contributed by atoms with E-state index in [0.717, 1.165) is 37.4 Å². The maximum atomic E-state index is 12.3. The van der Waals surface area contributed by atoms with E-state index in [1.807, 2.05) is 48.5 Å². The van der Waals surface area contributed by atoms with Crippen LogP contribution >= 0.6 is 0 Å². The molecule has 0 aliphatic carbocycles. The van der Waals surface area contributed by atoms with Gasteiger partial charge in [-0.2, -0.15) is 5.10 Å². The van der Waals surface area contributed by atoms with Crippen molar-refractivity contribution >= 4 is 12.1 Å². The first kappa shape index (κ1) is 19.9. The van der Waals surface area contributed by atoms with Crippen molar-refractivity contribution in [2.24, 2.45) is 5.10 Å². The van der Waals surface area contributed by atoms with E-state index in [-0.39, 0.29) is 5.91 Å². The topological polar surface area (TPSA) is 53.9 Å². The summed E-state index contributed by atoms with van der Waals surface area (Å²) >= 11 is 0. The first-order valence-electron chi connectivity index (χ1n) is 10.1. The van der Waals surface area contributed by atoms with Gasteiger partial charge in [0.1, 0.15) is 5.75 Å². The van der Waals surface area contributed by atoms with Gasteiger partial charge in [-0.3, -0.25) is 9.69 Å². The molecule has 3 aromatic carbocycles. The molecule has 0 unspecified atom stereocenters. The molecule has 0 radical (unpaired) electrons. The Morgan fingerprint density at radius 3 is 2.67 bits per heavy atom. The third-order valence-corrected chi connectivity index (χ3v) is 5.31. The van der Waals surface area contributed by atoms with Crippen LogP contribution in [0.25, 0.3) is 0 Å². The monoisotopic (exact) mass is 399 g/mol. The molecular weight excluding hydrogens is 374 g/mol. The molecule has 0 aromatic heterocycles. The summed E-state index contributed by atoms with van der Waals surface area (Å²) < 4.78 is 5.18. The van der Waals surface area contributed by atoms with Gasteiger partial charge in [-0.1, -0.05) is 48.5 Å². The van der Waals surface area contributed by atoms with E-state index < -0.39 is 0 Å². The minimum atomic E-state index is -0.229. The molecule has 5 nitrogen and oxygen atoms in total. The fourth-order valence-corrected chi connectivity index (χ4v) is 3.66. The molecular formula is C25H25N3O2. The van der Waals surface area contributed by atoms with Crippen molar-refractivity contribution < 1.29 is 9.53 Å². The van der Waals surface area contributed by atoms with E-state index in [9.17, 15) is 4.79 Å². The first-order chi connectivity index (χ1) is 14.7. The van der Waals surface area contributed by atoms with Crippen LogP contribution in [0.15, 0.2) is 77.9 Å². The van der Waals surface area contributed by atoms with Crippen LogP contribution in [0.1, 0.15) is 32.6 Å². The lowest BCUT2D eigenvalue weighted by atomic mass is 9.99. The van der Waals surface area contributed by atoms with E-state index in [2.05, 4.69) is 39.7 Å². The van der Waals surface area contributed by atoms with Gasteiger partial charge in [-0.25, -0.2) is 5.43 Å². The summed E-state index contributed by atoms with van der Waals surface area (Å²) in [6.45, 7) is 2.90. The highest BCUT2D eigenvalue weighted by molar-refractivity contribution is 5.94. The molecule has 3 aromatic rings. The Morgan fingerprint density at radius 2 is 1.87 bits per heavy atom. The predicted molar refractivity (Wildman–Crippen MR) is 119 cm³/mol. The minimum Gasteiger partial charge on any atom is -0.497 e. The van der Waals surface area contributed by atoms with Crippen LogP contribution in [0.3, 0.4) is 0 Å². The summed E-state index contributed by atoms with van der Waals surface area (Å²) in [5.74, 6) is 0.519. The Labute approximate surface area is 177 Å². The number of carbonyl (C=O) groups is 1. The molecule has 5 heteroatoms. The Morgan fingerprint density at radius 1 is 1.07 bits per heavy atom. The minimum absolute atomic E-state index is 0.229. The number of carbonyl (C=O) groups excluding carboxylic acids is 1. The molecule has 1 amide bonds. The Hall–Kier alpha value is -3.44. The van der Waals surface area contributed by atoms with Crippen LogP contribution in [0.5, 0.6) is 5.75 Å². The predicted octanol–water partition coefficient (Wildman–Crippen LogP) is 4.02. The van der Waals surface area contributed by atoms with Crippen LogP contribution < -0.4 is 10.2 Å². The molecule has 0 saturated heterocycles. The van der Waals surface area contributed by atoms with Gasteiger partial charge in [0, 0.05) is 25.2 Å². The van der Waals surface area contributed by atoms with Gasteiger partial charge in [0.25, 0.3) is 5.91 Å². The quantitative estimate of drug-likeness (QED) is 0.503. The highest BCUT2D eigenvalue weighted by Crippen LogP contribution is 2.20. The van der Waals surface area contributed by atoms with Crippen molar-refractivity contribution in [3.63, 3.8) is 0 Å². The van der Waals surface area contributed by atoms with E-state index >= 15 is 0 Å². The fraction of sp³-hybridized carbons (Fsp3) is 0.200. The Bertz CT molecular complexity index is 1040. The second-order valence-electron chi connectivity index (χ2n) is 7.40. The third kappa shape index (κ3) is 4.93. The Balaban J connectivity index is 1.32. The standard InChI is InChI=1S/C25H25N3O2/c1-30-24-8-4-5-20(15-24)16-26-27-25(29)22-11-9-19(10-12-22)17-28-14-13-21-6-2-3-7-23(21)18-28/h2-12,15-16H,13-14,17-18H2,1H3,(H,27,29)/b26-16+. The van der Waals surface area contributed by atoms with Crippen LogP contribution in [0.4, 0.5) is 0 Å². The number of nitrogens with one attached hydrogen (secondary N) is 1. The zero-order valence-corrected chi connectivity index (χ0v) is 17.0. The molecule has 1 N–H and O–H groups in total. The smallest absolute Gasteiger partial charge is 0.271 e. The van der Waals surface area contributed by atoms with E-state index in [1.54, 1.807) is 13.3 Å². The molecule has 30 heavy (non-hydrogen) atoms. The number of rotatable bonds is 6. The molecule has 0 saturated carbocycles. The van der Waals surface area contributed by atoms with E-state index in [1.165, 1.54) is 16.7 Å². The van der Waals surface area contributed by atoms with Crippen molar-refractivity contribution in [1.82, 2.24) is 10.3 Å². The number of amides is 1. The molecule has 4 rings (SSSR count). The zero-order valence-electron chi connectivity index (χ0n) is 17.0. The summed E-state index contributed by atoms with van der Waals surface area (Å²) in [7, 11) is 1.62. The summed E-state index contributed by atoms with van der Waals surface area (Å²) in [6, 6.07) is 23.9. The average Bonchev–Trinajstić information content (AvgIpc) is 2.79. The lowest BCUT2D eigenvalue weighted by Gasteiger charge is -2.28. The number of hydrogen-bond acceptors (Lipinski definition) is 4. The fourth-order valence-electron chi connectivity index (χ4n) is 3.66. The number of fused-ring (bicyclic) bond motifs is 1. The lowest BCUT2D eigenvalue weighted by Crippen LogP contribution is -2.30. The number of ether oxygens (including phenoxy) is 1. The Kier molecular flexibility index (Phi) is 6.20. The van der Waals surface area contributed by atoms with Gasteiger partial charge in [0.05, 0.1) is 13.3 Å². The molecule has 1 aliphatic heterocycles. The average molecular weight is 399 g/mol. The van der Waals surface area contributed by atoms with E-state index in [0.29, 0.717) is 5.56 Å². The van der Waals surface area contributed by atoms with Gasteiger partial charge in [0.2, 0.25) is 0 Å². The van der Waals surface area contributed by atoms with Crippen molar-refractivity contribution in [3.05, 3.63) is 101 Å². The van der Waals surface area contributed by atoms with Crippen molar-refractivity contribution in [3.8, 4) is 5.75 Å². The third-order valence-electron chi connectivity index (χ3n) is 5.31. The normalized spacial score (nSPS) is 13.8. The number of nitrogens with zero attached hydrogens (tertiary/aromatic N) is 2. The van der Waals surface area contributed by atoms with Crippen LogP contribution in [0.2, 0.25) is 0 Å². The van der Waals surface area contributed by atoms with Gasteiger partial charge in [0.15, 0.2) is 0 Å². The second-order valence-corrected chi connectivity index (χ2v) is 7.40. The summed E-state index contributed by atoms with van der Waals surface area (Å²) in [5.41, 5.74) is 8.08. The number of hydrazone groups is 1. The zero-order chi connectivity index (χ0) is 20.8. The molecule has 152 valence electrons. The van der Waals surface area contributed by atoms with Gasteiger partial charge < -0.3 is 4.74 Å². The summed E-state index contributed by atoms with van der Waals surface area (Å²) in [5, 5.41) is 4.04. The summed E-state index contributed by atoms with van der Waals surface area (Å²) in [4.78, 5) is 14.8. The highest BCUT2D eigenvalue weighted by Gasteiger charge is 2.15. The van der Waals surface area contributed by atoms with Crippen LogP contribution in [-0.2, 0) is 19.5 Å². The summed E-state index contributed by atoms with van der Waals surface area (Å²) in [6.07, 6.45) is 2.69. The van der Waals surface area contributed by atoms with Gasteiger partial charge in [-0.05, 0) is 52.9 Å². The number of benzene rings is 3. The van der Waals surface area contributed by atoms with Crippen LogP contribution in [0, 0.1) is 0 Å². The SMILES string of the molecule is COc1cccc(/C=N/NC(=O)c2ccc(CN3CCc4ccccc4C3)cc2)c1. The molecule has 0 spiro atoms. The maximum Gasteiger partial charge on any atom is 0.271 e. The highest BCUT2D eigenvalue weighted by atomic mass is 16.5. The first-order valence-corrected chi connectivity index (χ1v) is 10.1. The van der Waals surface area contributed by atoms with Crippen molar-refractivity contribution in [2.75, 3.05) is 13.7 Å². The molecule has 0 bridgehead atoms. The number of hydrogen-bond donors (Lipinski definition) is 1. The molecule has 0 fully saturated rings. The molecule has 1 aliphatic rings. The molecule has 1 heterocycles. The van der Waals surface area contributed by atoms with E-state index in [4.69, 9.17) is 4.74 Å². The second kappa shape index (κ2) is 9.37. The maximum absolute atomic E-state index is 12.3. The van der Waals surface area contributed by atoms with Crippen LogP contribution in [-0.4, -0.2) is 30.7 Å².